The Kier molecular flexibility index (Phi) is 13.8. The van der Waals surface area contributed by atoms with Crippen LogP contribution in [0.25, 0.3) is 0 Å². The fraction of sp³-hybridized carbons (Fsp3) is 0.455. The summed E-state index contributed by atoms with van der Waals surface area (Å²) in [7, 11) is 0. The van der Waals surface area contributed by atoms with Crippen LogP contribution in [0.2, 0.25) is 0 Å². The third kappa shape index (κ3) is 11.8. The van der Waals surface area contributed by atoms with E-state index in [4.69, 9.17) is 4.74 Å². The summed E-state index contributed by atoms with van der Waals surface area (Å²) in [4.78, 5) is 75.5. The van der Waals surface area contributed by atoms with Crippen LogP contribution in [0, 0.1) is 5.92 Å². The molecule has 1 aliphatic rings. The molecule has 2 aromatic carbocycles. The molecule has 3 rings (SSSR count). The molecule has 1 aliphatic heterocycles. The van der Waals surface area contributed by atoms with E-state index in [-0.39, 0.29) is 12.5 Å². The predicted molar refractivity (Wildman–Crippen MR) is 171 cm³/mol. The van der Waals surface area contributed by atoms with Crippen LogP contribution in [0.4, 0.5) is 0 Å². The number of carboxylic acids is 1. The van der Waals surface area contributed by atoms with Gasteiger partial charge in [-0.2, -0.15) is 0 Å². The molecule has 14 heteroatoms. The Balaban J connectivity index is 1.48. The fourth-order valence-electron chi connectivity index (χ4n) is 4.68. The molecule has 3 unspecified atom stereocenters. The molecule has 5 atom stereocenters. The lowest BCUT2D eigenvalue weighted by Gasteiger charge is -2.26. The fourth-order valence-corrected chi connectivity index (χ4v) is 4.68. The van der Waals surface area contributed by atoms with Gasteiger partial charge in [-0.05, 0) is 50.3 Å². The van der Waals surface area contributed by atoms with E-state index in [1.54, 1.807) is 0 Å². The number of hydrazine groups is 1. The standard InChI is InChI=1S/C33H44N6O8/c1-20(2)26(34-17-11-16-23-12-7-5-8-13-23)31(44)36-22(4)30(43)38-39(19-25(40)41)33(46)28-27(47-28)32(45)37-21(3)29(42)35-18-24-14-9-6-10-15-24/h5-10,12-15,20-22,26-28,34H,11,16-19H2,1-4H3,(H,35,42)(H,36,44)(H,37,45)(H,38,43)(H,40,41)/t21?,22?,26?,27-,28-/m1/s1. The Labute approximate surface area is 274 Å². The molecule has 0 aliphatic carbocycles. The van der Waals surface area contributed by atoms with Gasteiger partial charge in [-0.25, -0.2) is 5.01 Å². The predicted octanol–water partition coefficient (Wildman–Crippen LogP) is 0.271. The van der Waals surface area contributed by atoms with E-state index in [9.17, 15) is 33.9 Å². The van der Waals surface area contributed by atoms with Gasteiger partial charge in [0.15, 0.2) is 12.2 Å². The molecule has 5 amide bonds. The average molecular weight is 653 g/mol. The summed E-state index contributed by atoms with van der Waals surface area (Å²) in [6.45, 7) is 6.51. The Morgan fingerprint density at radius 2 is 1.38 bits per heavy atom. The first kappa shape index (κ1) is 36.6. The van der Waals surface area contributed by atoms with Crippen molar-refractivity contribution in [2.75, 3.05) is 13.1 Å². The molecule has 1 heterocycles. The second-order valence-corrected chi connectivity index (χ2v) is 11.7. The molecule has 1 fully saturated rings. The number of epoxide rings is 1. The number of aliphatic carboxylic acids is 1. The molecule has 6 N–H and O–H groups in total. The largest absolute Gasteiger partial charge is 0.480 e. The van der Waals surface area contributed by atoms with Crippen LogP contribution in [-0.4, -0.2) is 89.0 Å². The highest BCUT2D eigenvalue weighted by Crippen LogP contribution is 2.24. The van der Waals surface area contributed by atoms with Gasteiger partial charge in [-0.15, -0.1) is 0 Å². The van der Waals surface area contributed by atoms with Gasteiger partial charge in [0.2, 0.25) is 11.8 Å². The quantitative estimate of drug-likeness (QED) is 0.0789. The first-order valence-electron chi connectivity index (χ1n) is 15.6. The number of hydrogen-bond acceptors (Lipinski definition) is 8. The van der Waals surface area contributed by atoms with Crippen molar-refractivity contribution in [3.8, 4) is 0 Å². The van der Waals surface area contributed by atoms with Gasteiger partial charge in [-0.3, -0.25) is 34.2 Å². The van der Waals surface area contributed by atoms with Gasteiger partial charge in [-0.1, -0.05) is 74.5 Å². The van der Waals surface area contributed by atoms with Crippen molar-refractivity contribution in [1.29, 1.82) is 0 Å². The second kappa shape index (κ2) is 17.8. The van der Waals surface area contributed by atoms with E-state index in [0.29, 0.717) is 11.6 Å². The molecule has 0 aromatic heterocycles. The number of carbonyl (C=O) groups is 6. The molecule has 0 saturated carbocycles. The lowest BCUT2D eigenvalue weighted by molar-refractivity contribution is -0.151. The molecular formula is C33H44N6O8. The minimum Gasteiger partial charge on any atom is -0.480 e. The Morgan fingerprint density at radius 3 is 1.98 bits per heavy atom. The second-order valence-electron chi connectivity index (χ2n) is 11.7. The van der Waals surface area contributed by atoms with Crippen molar-refractivity contribution in [1.82, 2.24) is 31.7 Å². The third-order valence-corrected chi connectivity index (χ3v) is 7.41. The maximum Gasteiger partial charge on any atom is 0.325 e. The van der Waals surface area contributed by atoms with Crippen LogP contribution in [0.15, 0.2) is 60.7 Å². The van der Waals surface area contributed by atoms with Crippen molar-refractivity contribution in [3.63, 3.8) is 0 Å². The highest BCUT2D eigenvalue weighted by Gasteiger charge is 2.53. The summed E-state index contributed by atoms with van der Waals surface area (Å²) in [6.07, 6.45) is -1.02. The SMILES string of the molecule is CC(NC(=O)C(NCCCc1ccccc1)C(C)C)C(=O)NN(CC(=O)O)C(=O)[C@@H]1O[C@H]1C(=O)NC(C)C(=O)NCc1ccccc1. The number of rotatable bonds is 17. The minimum atomic E-state index is -1.43. The molecular weight excluding hydrogens is 608 g/mol. The van der Waals surface area contributed by atoms with E-state index in [2.05, 4.69) is 26.7 Å². The molecule has 1 saturated heterocycles. The first-order chi connectivity index (χ1) is 22.4. The number of aryl methyl sites for hydroxylation is 1. The summed E-state index contributed by atoms with van der Waals surface area (Å²) >= 11 is 0. The van der Waals surface area contributed by atoms with Crippen molar-refractivity contribution >= 4 is 35.5 Å². The Hall–Kier alpha value is -4.82. The lowest BCUT2D eigenvalue weighted by atomic mass is 10.0. The molecule has 254 valence electrons. The lowest BCUT2D eigenvalue weighted by Crippen LogP contribution is -2.58. The molecule has 2 aromatic rings. The van der Waals surface area contributed by atoms with Crippen LogP contribution < -0.4 is 26.7 Å². The average Bonchev–Trinajstić information content (AvgIpc) is 3.84. The van der Waals surface area contributed by atoms with E-state index in [1.807, 2.05) is 74.5 Å². The highest BCUT2D eigenvalue weighted by molar-refractivity contribution is 5.98. The van der Waals surface area contributed by atoms with E-state index in [1.165, 1.54) is 19.4 Å². The number of ether oxygens (including phenoxy) is 1. The van der Waals surface area contributed by atoms with Crippen LogP contribution in [0.1, 0.15) is 45.2 Å². The number of carbonyl (C=O) groups excluding carboxylic acids is 5. The minimum absolute atomic E-state index is 0.0974. The zero-order valence-electron chi connectivity index (χ0n) is 27.0. The summed E-state index contributed by atoms with van der Waals surface area (Å²) < 4.78 is 5.20. The Bertz CT molecular complexity index is 1390. The van der Waals surface area contributed by atoms with E-state index >= 15 is 0 Å². The zero-order valence-corrected chi connectivity index (χ0v) is 27.0. The monoisotopic (exact) mass is 652 g/mol. The molecule has 47 heavy (non-hydrogen) atoms. The molecule has 0 radical (unpaired) electrons. The van der Waals surface area contributed by atoms with Gasteiger partial charge in [0.05, 0.1) is 6.04 Å². The highest BCUT2D eigenvalue weighted by atomic mass is 16.6. The number of hydrogen-bond donors (Lipinski definition) is 6. The van der Waals surface area contributed by atoms with Gasteiger partial charge in [0.1, 0.15) is 18.6 Å². The third-order valence-electron chi connectivity index (χ3n) is 7.41. The van der Waals surface area contributed by atoms with Gasteiger partial charge in [0, 0.05) is 6.54 Å². The molecule has 14 nitrogen and oxygen atoms in total. The molecule has 0 spiro atoms. The smallest absolute Gasteiger partial charge is 0.325 e. The zero-order chi connectivity index (χ0) is 34.5. The van der Waals surface area contributed by atoms with Crippen molar-refractivity contribution < 1.29 is 38.6 Å². The van der Waals surface area contributed by atoms with Crippen LogP contribution >= 0.6 is 0 Å². The summed E-state index contributed by atoms with van der Waals surface area (Å²) in [5, 5.41) is 20.9. The van der Waals surface area contributed by atoms with Crippen molar-refractivity contribution in [3.05, 3.63) is 71.8 Å². The first-order valence-corrected chi connectivity index (χ1v) is 15.6. The van der Waals surface area contributed by atoms with Crippen LogP contribution in [-0.2, 0) is 46.5 Å². The van der Waals surface area contributed by atoms with Gasteiger partial charge >= 0.3 is 5.97 Å². The number of benzene rings is 2. The normalized spacial score (nSPS) is 17.0. The maximum absolute atomic E-state index is 13.0. The number of carboxylic acid groups (broad SMARTS) is 1. The van der Waals surface area contributed by atoms with Crippen LogP contribution in [0.5, 0.6) is 0 Å². The van der Waals surface area contributed by atoms with Crippen molar-refractivity contribution in [2.24, 2.45) is 5.92 Å². The van der Waals surface area contributed by atoms with Crippen LogP contribution in [0.3, 0.4) is 0 Å². The van der Waals surface area contributed by atoms with Gasteiger partial charge < -0.3 is 31.1 Å². The van der Waals surface area contributed by atoms with E-state index in [0.717, 1.165) is 18.4 Å². The molecule has 0 bridgehead atoms. The topological polar surface area (TPSA) is 199 Å². The summed E-state index contributed by atoms with van der Waals surface area (Å²) in [5.74, 6) is -4.97. The van der Waals surface area contributed by atoms with Gasteiger partial charge in [0.25, 0.3) is 17.7 Å². The Morgan fingerprint density at radius 1 is 0.787 bits per heavy atom. The summed E-state index contributed by atoms with van der Waals surface area (Å²) in [6, 6.07) is 16.5. The maximum atomic E-state index is 13.0. The number of nitrogens with zero attached hydrogens (tertiary/aromatic N) is 1. The van der Waals surface area contributed by atoms with Crippen molar-refractivity contribution in [2.45, 2.75) is 77.4 Å². The number of amides is 5. The number of nitrogens with one attached hydrogen (secondary N) is 5. The summed E-state index contributed by atoms with van der Waals surface area (Å²) in [5.41, 5.74) is 4.27. The van der Waals surface area contributed by atoms with E-state index < -0.39 is 72.4 Å².